The van der Waals surface area contributed by atoms with Gasteiger partial charge in [-0.2, -0.15) is 0 Å². The third kappa shape index (κ3) is 4.46. The highest BCUT2D eigenvalue weighted by atomic mass is 19.2. The maximum absolute atomic E-state index is 13.4. The highest BCUT2D eigenvalue weighted by Crippen LogP contribution is 2.24. The number of benzene rings is 2. The third-order valence-electron chi connectivity index (χ3n) is 3.50. The van der Waals surface area contributed by atoms with Gasteiger partial charge in [-0.1, -0.05) is 11.8 Å². The lowest BCUT2D eigenvalue weighted by Crippen LogP contribution is -2.16. The van der Waals surface area contributed by atoms with Crippen LogP contribution in [0.15, 0.2) is 0 Å². The van der Waals surface area contributed by atoms with E-state index in [1.807, 2.05) is 11.8 Å². The molecule has 2 aromatic rings. The van der Waals surface area contributed by atoms with Crippen molar-refractivity contribution in [2.45, 2.75) is 0 Å². The normalized spacial score (nSPS) is 10.4. The Kier molecular flexibility index (Phi) is 7.34. The van der Waals surface area contributed by atoms with Gasteiger partial charge < -0.3 is 9.47 Å². The summed E-state index contributed by atoms with van der Waals surface area (Å²) in [6, 6.07) is 0. The second-order valence-electron chi connectivity index (χ2n) is 5.40. The Morgan fingerprint density at radius 2 is 0.688 bits per heavy atom. The molecule has 0 N–H and O–H groups in total. The Bertz CT molecular complexity index is 1040. The van der Waals surface area contributed by atoms with Gasteiger partial charge in [0, 0.05) is 0 Å². The number of hydrogen-bond acceptors (Lipinski definition) is 4. The lowest BCUT2D eigenvalue weighted by atomic mass is 10.1. The standard InChI is InChI=1S/C18H4F10O4/c19-7-5(8(20)12(24)15(27)11(7)23)17(29)31-3-1-2-4-32-18(30)6-9(21)13(25)16(28)14(26)10(6)22/h3-4H2. The number of carbonyl (C=O) groups excluding carboxylic acids is 2. The molecule has 0 aliphatic rings. The van der Waals surface area contributed by atoms with E-state index in [9.17, 15) is 53.5 Å². The van der Waals surface area contributed by atoms with E-state index in [4.69, 9.17) is 0 Å². The van der Waals surface area contributed by atoms with E-state index in [1.165, 1.54) is 0 Å². The minimum absolute atomic E-state index is 1.04. The van der Waals surface area contributed by atoms with E-state index in [1.54, 1.807) is 0 Å². The average Bonchev–Trinajstić information content (AvgIpc) is 2.76. The van der Waals surface area contributed by atoms with Crippen LogP contribution in [-0.4, -0.2) is 25.2 Å². The summed E-state index contributed by atoms with van der Waals surface area (Å²) in [6.45, 7) is -2.09. The molecule has 32 heavy (non-hydrogen) atoms. The summed E-state index contributed by atoms with van der Waals surface area (Å²) in [5.41, 5.74) is -3.80. The zero-order valence-corrected chi connectivity index (χ0v) is 14.8. The minimum Gasteiger partial charge on any atom is -0.449 e. The first-order valence-electron chi connectivity index (χ1n) is 7.74. The molecule has 0 saturated heterocycles. The molecule has 0 aliphatic heterocycles. The fourth-order valence-corrected chi connectivity index (χ4v) is 2.02. The van der Waals surface area contributed by atoms with E-state index < -0.39 is 94.5 Å². The number of halogens is 10. The van der Waals surface area contributed by atoms with Crippen molar-refractivity contribution in [2.24, 2.45) is 0 Å². The number of esters is 2. The highest BCUT2D eigenvalue weighted by Gasteiger charge is 2.31. The molecule has 0 bridgehead atoms. The number of ether oxygens (including phenoxy) is 2. The second kappa shape index (κ2) is 9.58. The molecular formula is C18H4F10O4. The maximum atomic E-state index is 13.4. The maximum Gasteiger partial charge on any atom is 0.345 e. The van der Waals surface area contributed by atoms with Crippen molar-refractivity contribution < 1.29 is 63.0 Å². The molecule has 2 rings (SSSR count). The van der Waals surface area contributed by atoms with Gasteiger partial charge in [0.05, 0.1) is 0 Å². The molecule has 0 saturated carbocycles. The van der Waals surface area contributed by atoms with Crippen LogP contribution in [-0.2, 0) is 9.47 Å². The first-order chi connectivity index (χ1) is 14.9. The van der Waals surface area contributed by atoms with E-state index >= 15 is 0 Å². The van der Waals surface area contributed by atoms with Crippen LogP contribution >= 0.6 is 0 Å². The number of carbonyl (C=O) groups is 2. The molecule has 0 unspecified atom stereocenters. The number of hydrogen-bond donors (Lipinski definition) is 0. The van der Waals surface area contributed by atoms with Gasteiger partial charge in [-0.15, -0.1) is 0 Å². The van der Waals surface area contributed by atoms with Crippen molar-refractivity contribution in [1.29, 1.82) is 0 Å². The van der Waals surface area contributed by atoms with Crippen LogP contribution < -0.4 is 0 Å². The van der Waals surface area contributed by atoms with Gasteiger partial charge in [0.2, 0.25) is 11.6 Å². The van der Waals surface area contributed by atoms with Gasteiger partial charge in [0.15, 0.2) is 59.8 Å². The van der Waals surface area contributed by atoms with Crippen LogP contribution in [0.5, 0.6) is 0 Å². The van der Waals surface area contributed by atoms with Crippen LogP contribution in [0.2, 0.25) is 0 Å². The zero-order chi connectivity index (χ0) is 24.3. The summed E-state index contributed by atoms with van der Waals surface area (Å²) < 4.78 is 140. The van der Waals surface area contributed by atoms with Crippen molar-refractivity contribution in [3.8, 4) is 11.8 Å². The third-order valence-corrected chi connectivity index (χ3v) is 3.50. The molecular weight excluding hydrogens is 470 g/mol. The quantitative estimate of drug-likeness (QED) is 0.220. The summed E-state index contributed by atoms with van der Waals surface area (Å²) in [4.78, 5) is 23.0. The van der Waals surface area contributed by atoms with Crippen LogP contribution in [0.3, 0.4) is 0 Å². The Balaban J connectivity index is 2.02. The average molecular weight is 474 g/mol. The predicted molar refractivity (Wildman–Crippen MR) is 80.8 cm³/mol. The summed E-state index contributed by atoms with van der Waals surface area (Å²) in [5, 5.41) is 0. The Labute approximate surface area is 170 Å². The van der Waals surface area contributed by atoms with E-state index in [-0.39, 0.29) is 0 Å². The lowest BCUT2D eigenvalue weighted by molar-refractivity contribution is 0.0524. The monoisotopic (exact) mass is 474 g/mol. The minimum atomic E-state index is -2.51. The largest absolute Gasteiger partial charge is 0.449 e. The summed E-state index contributed by atoms with van der Waals surface area (Å²) in [6.07, 6.45) is 0. The summed E-state index contributed by atoms with van der Waals surface area (Å²) in [7, 11) is 0. The SMILES string of the molecule is O=C(OCC#CCOC(=O)c1c(F)c(F)c(F)c(F)c1F)c1c(F)c(F)c(F)c(F)c1F. The van der Waals surface area contributed by atoms with Crippen LogP contribution in [0, 0.1) is 70.0 Å². The van der Waals surface area contributed by atoms with Crippen LogP contribution in [0.25, 0.3) is 0 Å². The van der Waals surface area contributed by atoms with Gasteiger partial charge in [0.1, 0.15) is 11.1 Å². The molecule has 170 valence electrons. The molecule has 0 amide bonds. The molecule has 0 aliphatic carbocycles. The zero-order valence-electron chi connectivity index (χ0n) is 14.8. The van der Waals surface area contributed by atoms with Gasteiger partial charge in [-0.25, -0.2) is 53.5 Å². The highest BCUT2D eigenvalue weighted by molar-refractivity contribution is 5.90. The molecule has 0 fully saturated rings. The van der Waals surface area contributed by atoms with E-state index in [0.29, 0.717) is 0 Å². The Morgan fingerprint density at radius 1 is 0.469 bits per heavy atom. The van der Waals surface area contributed by atoms with Gasteiger partial charge in [-0.3, -0.25) is 0 Å². The smallest absolute Gasteiger partial charge is 0.345 e. The first kappa shape index (κ1) is 24.5. The lowest BCUT2D eigenvalue weighted by Gasteiger charge is -2.07. The van der Waals surface area contributed by atoms with Gasteiger partial charge in [-0.05, 0) is 0 Å². The van der Waals surface area contributed by atoms with Gasteiger partial charge >= 0.3 is 11.9 Å². The van der Waals surface area contributed by atoms with Crippen LogP contribution in [0.4, 0.5) is 43.9 Å². The Morgan fingerprint density at radius 3 is 0.938 bits per heavy atom. The molecule has 4 nitrogen and oxygen atoms in total. The number of rotatable bonds is 4. The first-order valence-corrected chi connectivity index (χ1v) is 7.74. The molecule has 2 aromatic carbocycles. The second-order valence-corrected chi connectivity index (χ2v) is 5.40. The fraction of sp³-hybridized carbons (Fsp3) is 0.111. The Hall–Kier alpha value is -3.76. The summed E-state index contributed by atoms with van der Waals surface area (Å²) >= 11 is 0. The van der Waals surface area contributed by atoms with Gasteiger partial charge in [0.25, 0.3) is 0 Å². The molecule has 0 atom stereocenters. The predicted octanol–water partition coefficient (Wildman–Crippen LogP) is 4.09. The van der Waals surface area contributed by atoms with Crippen molar-refractivity contribution in [1.82, 2.24) is 0 Å². The molecule has 0 aromatic heterocycles. The summed E-state index contributed by atoms with van der Waals surface area (Å²) in [5.74, 6) is -24.7. The molecule has 0 heterocycles. The molecule has 14 heteroatoms. The van der Waals surface area contributed by atoms with Crippen LogP contribution in [0.1, 0.15) is 20.7 Å². The van der Waals surface area contributed by atoms with E-state index in [0.717, 1.165) is 0 Å². The fourth-order valence-electron chi connectivity index (χ4n) is 2.02. The topological polar surface area (TPSA) is 52.6 Å². The van der Waals surface area contributed by atoms with Crippen molar-refractivity contribution in [2.75, 3.05) is 13.2 Å². The van der Waals surface area contributed by atoms with E-state index in [2.05, 4.69) is 9.47 Å². The van der Waals surface area contributed by atoms with Crippen molar-refractivity contribution >= 4 is 11.9 Å². The molecule has 0 radical (unpaired) electrons. The van der Waals surface area contributed by atoms with Crippen molar-refractivity contribution in [3.63, 3.8) is 0 Å². The molecule has 0 spiro atoms. The van der Waals surface area contributed by atoms with Crippen molar-refractivity contribution in [3.05, 3.63) is 69.3 Å².